The largest absolute Gasteiger partial charge is 0.493 e. The van der Waals surface area contributed by atoms with Gasteiger partial charge in [-0.1, -0.05) is 24.3 Å². The third kappa shape index (κ3) is 4.15. The van der Waals surface area contributed by atoms with E-state index in [1.807, 2.05) is 12.1 Å². The number of benzene rings is 2. The van der Waals surface area contributed by atoms with Crippen LogP contribution in [0.15, 0.2) is 47.5 Å². The number of guanidine groups is 1. The third-order valence-electron chi connectivity index (χ3n) is 7.53. The van der Waals surface area contributed by atoms with Gasteiger partial charge in [0.15, 0.2) is 0 Å². The molecular formula is C28H30N4O4. The average molecular weight is 487 g/mol. The Morgan fingerprint density at radius 1 is 1.11 bits per heavy atom. The van der Waals surface area contributed by atoms with Crippen LogP contribution in [0.3, 0.4) is 0 Å². The standard InChI is InChI=1S/C28H30N4O4/c1-35-31-28-29-20-5-3-2-4-17-6-7-18-8-10-23(21(18)14-17)30-27(34)19-9-11-25-22(15-19)24(12-13-36-25)32(28)26(33)16-20/h2,4,6-7,9,11,14-15,20,23-24H,3,5,8,10,12-13,16H2,1H3,(H,29,31)(H,30,34)/b4-2-/t20?,23?,24-/m1/s1. The zero-order valence-electron chi connectivity index (χ0n) is 20.3. The number of hydrogen-bond donors (Lipinski definition) is 2. The van der Waals surface area contributed by atoms with Gasteiger partial charge in [0.05, 0.1) is 31.8 Å². The first kappa shape index (κ1) is 22.8. The normalized spacial score (nSPS) is 25.9. The molecule has 3 atom stereocenters. The van der Waals surface area contributed by atoms with E-state index in [1.165, 1.54) is 18.2 Å². The maximum Gasteiger partial charge on any atom is 0.251 e. The van der Waals surface area contributed by atoms with Gasteiger partial charge in [0, 0.05) is 24.0 Å². The number of rotatable bonds is 1. The lowest BCUT2D eigenvalue weighted by Crippen LogP contribution is -2.51. The van der Waals surface area contributed by atoms with Crippen LogP contribution in [-0.2, 0) is 16.1 Å². The highest BCUT2D eigenvalue weighted by Gasteiger charge is 2.38. The molecule has 2 amide bonds. The lowest BCUT2D eigenvalue weighted by atomic mass is 9.94. The van der Waals surface area contributed by atoms with Crippen molar-refractivity contribution >= 4 is 23.8 Å². The summed E-state index contributed by atoms with van der Waals surface area (Å²) in [5.74, 6) is 0.946. The molecule has 186 valence electrons. The summed E-state index contributed by atoms with van der Waals surface area (Å²) < 4.78 is 5.90. The average Bonchev–Trinajstić information content (AvgIpc) is 3.27. The highest BCUT2D eigenvalue weighted by molar-refractivity contribution is 6.00. The Labute approximate surface area is 210 Å². The minimum absolute atomic E-state index is 0.0152. The number of fused-ring (bicyclic) bond motifs is 4. The zero-order valence-corrected chi connectivity index (χ0v) is 20.3. The second-order valence-electron chi connectivity index (χ2n) is 9.79. The van der Waals surface area contributed by atoms with Crippen molar-refractivity contribution in [3.8, 4) is 5.75 Å². The van der Waals surface area contributed by atoms with Gasteiger partial charge in [-0.2, -0.15) is 0 Å². The highest BCUT2D eigenvalue weighted by Crippen LogP contribution is 2.39. The van der Waals surface area contributed by atoms with E-state index in [1.54, 1.807) is 11.0 Å². The highest BCUT2D eigenvalue weighted by atomic mass is 16.6. The number of nitrogens with zero attached hydrogens (tertiary/aromatic N) is 2. The van der Waals surface area contributed by atoms with E-state index in [0.717, 1.165) is 36.8 Å². The molecule has 1 aliphatic carbocycles. The van der Waals surface area contributed by atoms with Gasteiger partial charge in [-0.25, -0.2) is 10.5 Å². The molecule has 0 saturated carbocycles. The van der Waals surface area contributed by atoms with Gasteiger partial charge < -0.3 is 10.1 Å². The van der Waals surface area contributed by atoms with E-state index >= 15 is 0 Å². The van der Waals surface area contributed by atoms with Crippen LogP contribution in [0.1, 0.15) is 76.8 Å². The molecule has 0 saturated heterocycles. The van der Waals surface area contributed by atoms with Crippen LogP contribution in [0.25, 0.3) is 6.08 Å². The fourth-order valence-electron chi connectivity index (χ4n) is 5.76. The van der Waals surface area contributed by atoms with Crippen molar-refractivity contribution in [3.63, 3.8) is 0 Å². The molecule has 7 rings (SSSR count). The molecule has 2 unspecified atom stereocenters. The molecule has 6 bridgehead atoms. The summed E-state index contributed by atoms with van der Waals surface area (Å²) in [6, 6.07) is 11.5. The summed E-state index contributed by atoms with van der Waals surface area (Å²) >= 11 is 0. The van der Waals surface area contributed by atoms with Crippen LogP contribution in [-0.4, -0.2) is 42.4 Å². The van der Waals surface area contributed by atoms with Crippen LogP contribution in [0, 0.1) is 0 Å². The number of carbonyl (C=O) groups excluding carboxylic acids is 2. The molecule has 2 aromatic carbocycles. The predicted molar refractivity (Wildman–Crippen MR) is 135 cm³/mol. The first-order chi connectivity index (χ1) is 17.6. The first-order valence-corrected chi connectivity index (χ1v) is 12.7. The maximum atomic E-state index is 13.4. The maximum absolute atomic E-state index is 13.4. The minimum Gasteiger partial charge on any atom is -0.493 e. The number of ether oxygens (including phenoxy) is 1. The van der Waals surface area contributed by atoms with Gasteiger partial charge in [-0.15, -0.1) is 0 Å². The van der Waals surface area contributed by atoms with Crippen molar-refractivity contribution in [2.75, 3.05) is 13.7 Å². The van der Waals surface area contributed by atoms with Gasteiger partial charge in [-0.3, -0.25) is 19.3 Å². The van der Waals surface area contributed by atoms with Crippen molar-refractivity contribution < 1.29 is 19.2 Å². The number of allylic oxidation sites excluding steroid dienone is 1. The van der Waals surface area contributed by atoms with Gasteiger partial charge in [0.1, 0.15) is 5.75 Å². The van der Waals surface area contributed by atoms with Crippen LogP contribution in [0.4, 0.5) is 0 Å². The molecule has 36 heavy (non-hydrogen) atoms. The number of nitrogens with one attached hydrogen (secondary N) is 2. The van der Waals surface area contributed by atoms with Crippen LogP contribution in [0.2, 0.25) is 0 Å². The Balaban J connectivity index is 1.43. The lowest BCUT2D eigenvalue weighted by molar-refractivity contribution is -0.131. The topological polar surface area (TPSA) is 92.3 Å². The summed E-state index contributed by atoms with van der Waals surface area (Å²) in [6.45, 7) is 0.475. The van der Waals surface area contributed by atoms with E-state index in [-0.39, 0.29) is 29.9 Å². The molecule has 8 heteroatoms. The molecule has 4 heterocycles. The van der Waals surface area contributed by atoms with Crippen LogP contribution >= 0.6 is 0 Å². The van der Waals surface area contributed by atoms with E-state index in [2.05, 4.69) is 41.1 Å². The quantitative estimate of drug-likeness (QED) is 0.598. The van der Waals surface area contributed by atoms with Crippen molar-refractivity contribution in [1.82, 2.24) is 15.7 Å². The molecule has 2 N–H and O–H groups in total. The van der Waals surface area contributed by atoms with Gasteiger partial charge >= 0.3 is 0 Å². The summed E-state index contributed by atoms with van der Waals surface area (Å²) in [5.41, 5.74) is 7.79. The first-order valence-electron chi connectivity index (χ1n) is 12.7. The molecule has 4 aliphatic heterocycles. The second kappa shape index (κ2) is 9.43. The second-order valence-corrected chi connectivity index (χ2v) is 9.79. The fourth-order valence-corrected chi connectivity index (χ4v) is 5.76. The summed E-state index contributed by atoms with van der Waals surface area (Å²) in [7, 11) is 1.51. The Hall–Kier alpha value is -3.65. The molecular weight excluding hydrogens is 456 g/mol. The Morgan fingerprint density at radius 3 is 2.92 bits per heavy atom. The third-order valence-corrected chi connectivity index (χ3v) is 7.53. The predicted octanol–water partition coefficient (Wildman–Crippen LogP) is 3.84. The van der Waals surface area contributed by atoms with Crippen molar-refractivity contribution in [2.45, 2.75) is 56.7 Å². The molecule has 0 aromatic heterocycles. The summed E-state index contributed by atoms with van der Waals surface area (Å²) in [4.78, 5) is 38.5. The monoisotopic (exact) mass is 486 g/mol. The lowest BCUT2D eigenvalue weighted by Gasteiger charge is -2.39. The SMILES string of the molecule is CONC1=NC2CC/C=C\c3ccc4c(c3)C(CC4)NC(=O)c3ccc4c(c3)[C@@H](CCO4)N1C(=O)C2. The Morgan fingerprint density at radius 2 is 2.03 bits per heavy atom. The van der Waals surface area contributed by atoms with E-state index in [9.17, 15) is 9.59 Å². The number of hydroxylamine groups is 1. The molecule has 0 spiro atoms. The zero-order chi connectivity index (χ0) is 24.6. The number of amides is 2. The van der Waals surface area contributed by atoms with E-state index in [0.29, 0.717) is 36.7 Å². The number of hydrogen-bond acceptors (Lipinski definition) is 6. The Kier molecular flexibility index (Phi) is 5.97. The minimum atomic E-state index is -0.301. The molecule has 5 aliphatic rings. The van der Waals surface area contributed by atoms with Crippen molar-refractivity contribution in [3.05, 3.63) is 70.3 Å². The van der Waals surface area contributed by atoms with Gasteiger partial charge in [0.2, 0.25) is 11.9 Å². The van der Waals surface area contributed by atoms with E-state index < -0.39 is 0 Å². The molecule has 0 radical (unpaired) electrons. The van der Waals surface area contributed by atoms with E-state index in [4.69, 9.17) is 14.6 Å². The van der Waals surface area contributed by atoms with Gasteiger partial charge in [0.25, 0.3) is 5.91 Å². The van der Waals surface area contributed by atoms with Crippen LogP contribution in [0.5, 0.6) is 5.75 Å². The smallest absolute Gasteiger partial charge is 0.251 e. The van der Waals surface area contributed by atoms with Crippen molar-refractivity contribution in [1.29, 1.82) is 0 Å². The van der Waals surface area contributed by atoms with Crippen molar-refractivity contribution in [2.24, 2.45) is 4.99 Å². The van der Waals surface area contributed by atoms with Crippen LogP contribution < -0.4 is 15.5 Å². The summed E-state index contributed by atoms with van der Waals surface area (Å²) in [6.07, 6.45) is 8.59. The summed E-state index contributed by atoms with van der Waals surface area (Å²) in [5, 5.41) is 3.24. The molecule has 8 nitrogen and oxygen atoms in total. The molecule has 2 aromatic rings. The molecule has 0 fully saturated rings. The fraction of sp³-hybridized carbons (Fsp3) is 0.393. The Bertz CT molecular complexity index is 1270. The number of carbonyl (C=O) groups is 2. The number of aliphatic imine (C=N–C) groups is 1. The van der Waals surface area contributed by atoms with Gasteiger partial charge in [-0.05, 0) is 66.6 Å². The number of aryl methyl sites for hydroxylation is 1.